The third-order valence-electron chi connectivity index (χ3n) is 5.66. The fourth-order valence-electron chi connectivity index (χ4n) is 3.48. The Morgan fingerprint density at radius 2 is 1.46 bits per heavy atom. The summed E-state index contributed by atoms with van der Waals surface area (Å²) in [6.07, 6.45) is 31.1. The van der Waals surface area contributed by atoms with Crippen molar-refractivity contribution in [3.05, 3.63) is 90.6 Å². The highest BCUT2D eigenvalue weighted by molar-refractivity contribution is 8.00. The van der Waals surface area contributed by atoms with Crippen LogP contribution in [0.5, 0.6) is 5.75 Å². The number of carbonyl (C=O) groups excluding carboxylic acids is 2. The second-order valence-corrected chi connectivity index (χ2v) is 10.2. The lowest BCUT2D eigenvalue weighted by atomic mass is 10.2. The van der Waals surface area contributed by atoms with E-state index < -0.39 is 5.91 Å². The number of amides is 1. The fraction of sp³-hybridized carbons (Fsp3) is 0.455. The van der Waals surface area contributed by atoms with E-state index in [4.69, 9.17) is 4.74 Å². The first-order valence-electron chi connectivity index (χ1n) is 14.2. The Bertz CT molecular complexity index is 949. The number of phenols is 1. The Kier molecular flexibility index (Phi) is 21.0. The van der Waals surface area contributed by atoms with Crippen LogP contribution in [-0.2, 0) is 9.53 Å². The van der Waals surface area contributed by atoms with Gasteiger partial charge in [-0.15, -0.1) is 11.8 Å². The average Bonchev–Trinajstić information content (AvgIpc) is 2.94. The number of para-hydroxylation sites is 1. The van der Waals surface area contributed by atoms with Gasteiger partial charge in [0, 0.05) is 0 Å². The molecule has 1 rings (SSSR count). The summed E-state index contributed by atoms with van der Waals surface area (Å²) in [5, 5.41) is 12.2. The lowest BCUT2D eigenvalue weighted by Crippen LogP contribution is -2.29. The molecule has 6 heteroatoms. The number of thioether (sulfide) groups is 1. The highest BCUT2D eigenvalue weighted by atomic mass is 32.2. The van der Waals surface area contributed by atoms with Crippen LogP contribution in [0.4, 0.5) is 0 Å². The van der Waals surface area contributed by atoms with Gasteiger partial charge >= 0.3 is 5.97 Å². The molecule has 2 N–H and O–H groups in total. The van der Waals surface area contributed by atoms with Crippen molar-refractivity contribution in [1.82, 2.24) is 5.32 Å². The molecule has 0 radical (unpaired) electrons. The van der Waals surface area contributed by atoms with Gasteiger partial charge in [-0.1, -0.05) is 86.7 Å². The maximum atomic E-state index is 12.3. The Labute approximate surface area is 240 Å². The number of esters is 1. The molecule has 0 heterocycles. The molecule has 5 nitrogen and oxygen atoms in total. The van der Waals surface area contributed by atoms with Gasteiger partial charge in [0.05, 0.1) is 12.1 Å². The van der Waals surface area contributed by atoms with Crippen LogP contribution >= 0.6 is 11.8 Å². The van der Waals surface area contributed by atoms with Gasteiger partial charge in [-0.2, -0.15) is 0 Å². The molecule has 0 saturated carbocycles. The molecule has 1 amide bonds. The Hall–Kier alpha value is -2.99. The zero-order chi connectivity index (χ0) is 28.4. The second kappa shape index (κ2) is 24.1. The number of rotatable bonds is 21. The molecule has 0 aliphatic heterocycles. The molecule has 0 unspecified atom stereocenters. The van der Waals surface area contributed by atoms with E-state index in [9.17, 15) is 14.7 Å². The van der Waals surface area contributed by atoms with Crippen molar-refractivity contribution in [2.24, 2.45) is 0 Å². The van der Waals surface area contributed by atoms with E-state index in [0.29, 0.717) is 6.42 Å². The number of hydrogen-bond acceptors (Lipinski definition) is 5. The van der Waals surface area contributed by atoms with E-state index in [1.165, 1.54) is 6.07 Å². The van der Waals surface area contributed by atoms with Crippen LogP contribution < -0.4 is 5.32 Å². The monoisotopic (exact) mass is 553 g/mol. The van der Waals surface area contributed by atoms with E-state index in [0.717, 1.165) is 57.1 Å². The van der Waals surface area contributed by atoms with Gasteiger partial charge in [0.1, 0.15) is 17.6 Å². The van der Waals surface area contributed by atoms with Crippen LogP contribution in [0.3, 0.4) is 0 Å². The summed E-state index contributed by atoms with van der Waals surface area (Å²) >= 11 is 1.64. The molecule has 1 atom stereocenters. The SMILES string of the molecule is CCC=CCC=CCC=CCC=CCC=CCCCCS[C@H](CC)C(=O)OCCNC(=O)c1ccccc1O. The number of unbranched alkanes of at least 4 members (excludes halogenated alkanes) is 2. The van der Waals surface area contributed by atoms with Crippen molar-refractivity contribution in [3.63, 3.8) is 0 Å². The predicted molar refractivity (Wildman–Crippen MR) is 166 cm³/mol. The van der Waals surface area contributed by atoms with E-state index in [1.54, 1.807) is 30.0 Å². The second-order valence-electron chi connectivity index (χ2n) is 8.91. The highest BCUT2D eigenvalue weighted by Gasteiger charge is 2.18. The Morgan fingerprint density at radius 1 is 0.872 bits per heavy atom. The average molecular weight is 554 g/mol. The fourth-order valence-corrected chi connectivity index (χ4v) is 4.58. The van der Waals surface area contributed by atoms with Crippen molar-refractivity contribution in [2.75, 3.05) is 18.9 Å². The third kappa shape index (κ3) is 18.0. The lowest BCUT2D eigenvalue weighted by molar-refractivity contribution is -0.142. The van der Waals surface area contributed by atoms with Crippen molar-refractivity contribution < 1.29 is 19.4 Å². The molecule has 0 aliphatic carbocycles. The molecular weight excluding hydrogens is 506 g/mol. The first-order valence-corrected chi connectivity index (χ1v) is 15.2. The van der Waals surface area contributed by atoms with Gasteiger partial charge in [0.2, 0.25) is 0 Å². The summed E-state index contributed by atoms with van der Waals surface area (Å²) in [4.78, 5) is 24.4. The van der Waals surface area contributed by atoms with E-state index in [-0.39, 0.29) is 35.7 Å². The van der Waals surface area contributed by atoms with Crippen LogP contribution in [-0.4, -0.2) is 41.1 Å². The van der Waals surface area contributed by atoms with Gasteiger partial charge in [-0.05, 0) is 75.7 Å². The summed E-state index contributed by atoms with van der Waals surface area (Å²) in [6.45, 7) is 4.44. The highest BCUT2D eigenvalue weighted by Crippen LogP contribution is 2.19. The lowest BCUT2D eigenvalue weighted by Gasteiger charge is -2.14. The van der Waals surface area contributed by atoms with Gasteiger partial charge in [0.15, 0.2) is 0 Å². The third-order valence-corrected chi connectivity index (χ3v) is 7.11. The van der Waals surface area contributed by atoms with Gasteiger partial charge in [-0.25, -0.2) is 0 Å². The zero-order valence-electron chi connectivity index (χ0n) is 23.7. The number of allylic oxidation sites excluding steroid dienone is 10. The summed E-state index contributed by atoms with van der Waals surface area (Å²) in [6, 6.07) is 6.34. The number of carbonyl (C=O) groups is 2. The summed E-state index contributed by atoms with van der Waals surface area (Å²) in [7, 11) is 0. The maximum Gasteiger partial charge on any atom is 0.319 e. The number of phenolic OH excluding ortho intramolecular Hbond substituents is 1. The number of ether oxygens (including phenoxy) is 1. The topological polar surface area (TPSA) is 75.6 Å². The van der Waals surface area contributed by atoms with Crippen LogP contribution in [0.25, 0.3) is 0 Å². The van der Waals surface area contributed by atoms with Crippen LogP contribution in [0.2, 0.25) is 0 Å². The standard InChI is InChI=1S/C33H47NO4S/c1-3-5-6-7-8-9-10-11-12-13-14-15-16-17-18-19-20-23-28-39-31(4-2)33(37)38-27-26-34-32(36)29-24-21-22-25-30(29)35/h5-6,8-9,11-12,14-15,17-18,21-22,24-25,31,35H,3-4,7,10,13,16,19-20,23,26-28H2,1-2H3,(H,34,36)/t31-/m1/s1. The van der Waals surface area contributed by atoms with Crippen LogP contribution in [0, 0.1) is 0 Å². The molecule has 0 saturated heterocycles. The molecule has 0 spiro atoms. The van der Waals surface area contributed by atoms with Crippen LogP contribution in [0.1, 0.15) is 82.0 Å². The molecule has 1 aromatic rings. The summed E-state index contributed by atoms with van der Waals surface area (Å²) in [5.41, 5.74) is 0.204. The Morgan fingerprint density at radius 3 is 2.05 bits per heavy atom. The minimum atomic E-state index is -0.391. The number of aromatic hydroxyl groups is 1. The van der Waals surface area contributed by atoms with Crippen molar-refractivity contribution in [2.45, 2.75) is 76.9 Å². The number of nitrogens with one attached hydrogen (secondary N) is 1. The number of benzene rings is 1. The first-order chi connectivity index (χ1) is 19.1. The molecule has 0 aromatic heterocycles. The molecular formula is C33H47NO4S. The summed E-state index contributed by atoms with van der Waals surface area (Å²) in [5.74, 6) is 0.216. The Balaban J connectivity index is 2.05. The normalized spacial score (nSPS) is 12.9. The van der Waals surface area contributed by atoms with Gasteiger partial charge < -0.3 is 15.2 Å². The molecule has 0 fully saturated rings. The minimum absolute atomic E-state index is 0.0733. The molecule has 0 bridgehead atoms. The smallest absolute Gasteiger partial charge is 0.319 e. The molecule has 0 aliphatic rings. The van der Waals surface area contributed by atoms with Crippen LogP contribution in [0.15, 0.2) is 85.0 Å². The van der Waals surface area contributed by atoms with E-state index >= 15 is 0 Å². The van der Waals surface area contributed by atoms with Gasteiger partial charge in [-0.3, -0.25) is 9.59 Å². The summed E-state index contributed by atoms with van der Waals surface area (Å²) < 4.78 is 5.34. The van der Waals surface area contributed by atoms with E-state index in [2.05, 4.69) is 73.0 Å². The molecule has 1 aromatic carbocycles. The zero-order valence-corrected chi connectivity index (χ0v) is 24.5. The largest absolute Gasteiger partial charge is 0.507 e. The number of hydrogen-bond donors (Lipinski definition) is 2. The van der Waals surface area contributed by atoms with Crippen molar-refractivity contribution in [1.29, 1.82) is 0 Å². The maximum absolute atomic E-state index is 12.3. The quantitative estimate of drug-likeness (QED) is 0.0914. The first kappa shape index (κ1) is 34.0. The van der Waals surface area contributed by atoms with E-state index in [1.807, 2.05) is 6.92 Å². The predicted octanol–water partition coefficient (Wildman–Crippen LogP) is 8.10. The minimum Gasteiger partial charge on any atom is -0.507 e. The molecule has 214 valence electrons. The van der Waals surface area contributed by atoms with Crippen molar-refractivity contribution >= 4 is 23.6 Å². The molecule has 39 heavy (non-hydrogen) atoms. The van der Waals surface area contributed by atoms with Gasteiger partial charge in [0.25, 0.3) is 5.91 Å². The van der Waals surface area contributed by atoms with Crippen molar-refractivity contribution in [3.8, 4) is 5.75 Å².